The van der Waals surface area contributed by atoms with Crippen molar-refractivity contribution in [3.8, 4) is 0 Å². The number of nitrogens with one attached hydrogen (secondary N) is 1. The molecule has 0 heterocycles. The van der Waals surface area contributed by atoms with Gasteiger partial charge in [-0.05, 0) is 42.8 Å². The Kier molecular flexibility index (Phi) is 5.76. The summed E-state index contributed by atoms with van der Waals surface area (Å²) in [5, 5.41) is 3.38. The molecular formula is C22H18ClFN2O2. The number of ketones is 1. The summed E-state index contributed by atoms with van der Waals surface area (Å²) >= 11 is 6.35. The second-order valence-electron chi connectivity index (χ2n) is 6.28. The van der Waals surface area contributed by atoms with Crippen molar-refractivity contribution in [2.45, 2.75) is 13.8 Å². The molecule has 6 heteroatoms. The maximum absolute atomic E-state index is 14.1. The summed E-state index contributed by atoms with van der Waals surface area (Å²) in [7, 11) is 0. The molecule has 0 aliphatic rings. The first-order valence-electron chi connectivity index (χ1n) is 8.61. The Hall–Kier alpha value is -3.18. The van der Waals surface area contributed by atoms with E-state index >= 15 is 0 Å². The van der Waals surface area contributed by atoms with Gasteiger partial charge in [-0.2, -0.15) is 0 Å². The fourth-order valence-electron chi connectivity index (χ4n) is 2.83. The smallest absolute Gasteiger partial charge is 0.251 e. The molecule has 142 valence electrons. The SMILES string of the molecule is CC(=O)N(F)c1ccccc1Nc1ccc(C(=O)c2ccccc2C)c(Cl)c1. The Morgan fingerprint density at radius 3 is 2.32 bits per heavy atom. The lowest BCUT2D eigenvalue weighted by molar-refractivity contribution is -0.119. The van der Waals surface area contributed by atoms with E-state index < -0.39 is 5.91 Å². The summed E-state index contributed by atoms with van der Waals surface area (Å²) < 4.78 is 14.1. The number of hydrogen-bond acceptors (Lipinski definition) is 3. The summed E-state index contributed by atoms with van der Waals surface area (Å²) in [6, 6.07) is 18.7. The first kappa shape index (κ1) is 19.6. The van der Waals surface area contributed by atoms with Crippen molar-refractivity contribution in [1.82, 2.24) is 0 Å². The van der Waals surface area contributed by atoms with E-state index in [0.29, 0.717) is 22.5 Å². The van der Waals surface area contributed by atoms with E-state index in [-0.39, 0.29) is 21.6 Å². The van der Waals surface area contributed by atoms with E-state index in [0.717, 1.165) is 12.5 Å². The van der Waals surface area contributed by atoms with Gasteiger partial charge in [0.05, 0.1) is 10.7 Å². The minimum Gasteiger partial charge on any atom is -0.354 e. The zero-order valence-electron chi connectivity index (χ0n) is 15.4. The van der Waals surface area contributed by atoms with E-state index in [1.165, 1.54) is 6.07 Å². The van der Waals surface area contributed by atoms with Crippen LogP contribution in [0.4, 0.5) is 21.5 Å². The standard InChI is InChI=1S/C22H18ClFN2O2/c1-14-7-3-4-8-17(14)22(28)18-12-11-16(13-19(18)23)25-20-9-5-6-10-21(20)26(24)15(2)27/h3-13,25H,1-2H3. The van der Waals surface area contributed by atoms with Gasteiger partial charge >= 0.3 is 0 Å². The van der Waals surface area contributed by atoms with Crippen LogP contribution in [0.25, 0.3) is 0 Å². The van der Waals surface area contributed by atoms with Crippen molar-refractivity contribution in [3.63, 3.8) is 0 Å². The fourth-order valence-corrected chi connectivity index (χ4v) is 3.09. The highest BCUT2D eigenvalue weighted by atomic mass is 35.5. The molecule has 0 saturated heterocycles. The number of para-hydroxylation sites is 2. The molecule has 0 saturated carbocycles. The largest absolute Gasteiger partial charge is 0.354 e. The van der Waals surface area contributed by atoms with Crippen molar-refractivity contribution < 1.29 is 14.1 Å². The van der Waals surface area contributed by atoms with Crippen molar-refractivity contribution >= 4 is 40.4 Å². The third-order valence-corrected chi connectivity index (χ3v) is 4.59. The van der Waals surface area contributed by atoms with Gasteiger partial charge in [0.2, 0.25) is 0 Å². The lowest BCUT2D eigenvalue weighted by Crippen LogP contribution is -2.18. The monoisotopic (exact) mass is 396 g/mol. The number of carbonyl (C=O) groups excluding carboxylic acids is 2. The molecule has 0 aromatic heterocycles. The molecular weight excluding hydrogens is 379 g/mol. The summed E-state index contributed by atoms with van der Waals surface area (Å²) in [5.74, 6) is -0.895. The van der Waals surface area contributed by atoms with E-state index in [9.17, 15) is 14.1 Å². The predicted molar refractivity (Wildman–Crippen MR) is 110 cm³/mol. The van der Waals surface area contributed by atoms with Gasteiger partial charge in [0.25, 0.3) is 5.91 Å². The van der Waals surface area contributed by atoms with Crippen LogP contribution in [-0.4, -0.2) is 11.7 Å². The second-order valence-corrected chi connectivity index (χ2v) is 6.69. The number of aryl methyl sites for hydroxylation is 1. The third-order valence-electron chi connectivity index (χ3n) is 4.27. The number of nitrogens with zero attached hydrogens (tertiary/aromatic N) is 1. The number of halogens is 2. The van der Waals surface area contributed by atoms with Crippen LogP contribution in [0, 0.1) is 6.92 Å². The van der Waals surface area contributed by atoms with Crippen LogP contribution >= 0.6 is 11.6 Å². The van der Waals surface area contributed by atoms with Gasteiger partial charge in [0.15, 0.2) is 5.78 Å². The average molecular weight is 397 g/mol. The summed E-state index contributed by atoms with van der Waals surface area (Å²) in [6.45, 7) is 3.01. The quantitative estimate of drug-likeness (QED) is 0.434. The molecule has 0 bridgehead atoms. The Morgan fingerprint density at radius 2 is 1.64 bits per heavy atom. The van der Waals surface area contributed by atoms with E-state index in [1.54, 1.807) is 48.5 Å². The molecule has 0 spiro atoms. The minimum absolute atomic E-state index is 0.0695. The number of hydrogen-bond donors (Lipinski definition) is 1. The van der Waals surface area contributed by atoms with Gasteiger partial charge in [-0.15, -0.1) is 5.12 Å². The molecule has 0 aliphatic carbocycles. The van der Waals surface area contributed by atoms with E-state index in [4.69, 9.17) is 11.6 Å². The van der Waals surface area contributed by atoms with Gasteiger partial charge < -0.3 is 5.32 Å². The molecule has 0 radical (unpaired) electrons. The zero-order chi connectivity index (χ0) is 20.3. The molecule has 0 atom stereocenters. The van der Waals surface area contributed by atoms with Crippen LogP contribution in [0.3, 0.4) is 0 Å². The van der Waals surface area contributed by atoms with Crippen LogP contribution < -0.4 is 10.4 Å². The number of rotatable bonds is 5. The fraction of sp³-hybridized carbons (Fsp3) is 0.0909. The van der Waals surface area contributed by atoms with Gasteiger partial charge in [-0.25, -0.2) is 0 Å². The molecule has 3 aromatic rings. The van der Waals surface area contributed by atoms with Crippen LogP contribution in [0.5, 0.6) is 0 Å². The maximum Gasteiger partial charge on any atom is 0.251 e. The average Bonchev–Trinajstić information content (AvgIpc) is 2.68. The molecule has 0 unspecified atom stereocenters. The summed E-state index contributed by atoms with van der Waals surface area (Å²) in [5.41, 5.74) is 2.89. The molecule has 1 N–H and O–H groups in total. The summed E-state index contributed by atoms with van der Waals surface area (Å²) in [4.78, 5) is 24.1. The van der Waals surface area contributed by atoms with Crippen LogP contribution in [0.15, 0.2) is 66.7 Å². The number of anilines is 3. The Bertz CT molecular complexity index is 1050. The Labute approximate surface area is 167 Å². The molecule has 3 aromatic carbocycles. The van der Waals surface area contributed by atoms with Gasteiger partial charge in [0, 0.05) is 23.7 Å². The van der Waals surface area contributed by atoms with E-state index in [1.807, 2.05) is 19.1 Å². The lowest BCUT2D eigenvalue weighted by atomic mass is 9.99. The number of amides is 1. The summed E-state index contributed by atoms with van der Waals surface area (Å²) in [6.07, 6.45) is 0. The second kappa shape index (κ2) is 8.23. The Balaban J connectivity index is 1.89. The number of carbonyl (C=O) groups is 2. The maximum atomic E-state index is 14.1. The lowest BCUT2D eigenvalue weighted by Gasteiger charge is -2.16. The van der Waals surface area contributed by atoms with E-state index in [2.05, 4.69) is 5.32 Å². The predicted octanol–water partition coefficient (Wildman–Crippen LogP) is 5.86. The van der Waals surface area contributed by atoms with Crippen molar-refractivity contribution in [3.05, 3.63) is 88.4 Å². The van der Waals surface area contributed by atoms with Crippen molar-refractivity contribution in [1.29, 1.82) is 0 Å². The van der Waals surface area contributed by atoms with Crippen molar-refractivity contribution in [2.24, 2.45) is 0 Å². The highest BCUT2D eigenvalue weighted by Crippen LogP contribution is 2.31. The van der Waals surface area contributed by atoms with Gasteiger partial charge in [0.1, 0.15) is 5.69 Å². The highest BCUT2D eigenvalue weighted by molar-refractivity contribution is 6.35. The van der Waals surface area contributed by atoms with Crippen LogP contribution in [0.1, 0.15) is 28.4 Å². The van der Waals surface area contributed by atoms with Gasteiger partial charge in [-0.1, -0.05) is 52.5 Å². The molecule has 4 nitrogen and oxygen atoms in total. The first-order chi connectivity index (χ1) is 13.4. The zero-order valence-corrected chi connectivity index (χ0v) is 16.1. The topological polar surface area (TPSA) is 49.4 Å². The molecule has 3 rings (SSSR count). The first-order valence-corrected chi connectivity index (χ1v) is 8.98. The molecule has 0 fully saturated rings. The van der Waals surface area contributed by atoms with Crippen molar-refractivity contribution in [2.75, 3.05) is 10.4 Å². The molecule has 1 amide bonds. The normalized spacial score (nSPS) is 10.4. The van der Waals surface area contributed by atoms with Gasteiger partial charge in [-0.3, -0.25) is 9.59 Å². The minimum atomic E-state index is -0.730. The molecule has 0 aliphatic heterocycles. The highest BCUT2D eigenvalue weighted by Gasteiger charge is 2.17. The van der Waals surface area contributed by atoms with Crippen LogP contribution in [-0.2, 0) is 4.79 Å². The number of benzene rings is 3. The molecule has 28 heavy (non-hydrogen) atoms. The third kappa shape index (κ3) is 4.05. The Morgan fingerprint density at radius 1 is 0.964 bits per heavy atom. The van der Waals surface area contributed by atoms with Crippen LogP contribution in [0.2, 0.25) is 5.02 Å².